The van der Waals surface area contributed by atoms with Crippen molar-refractivity contribution in [1.29, 1.82) is 0 Å². The van der Waals surface area contributed by atoms with Crippen molar-refractivity contribution in [2.75, 3.05) is 19.7 Å². The van der Waals surface area contributed by atoms with Crippen molar-refractivity contribution in [1.82, 2.24) is 10.6 Å². The number of carbonyl (C=O) groups is 3. The van der Waals surface area contributed by atoms with E-state index in [1.807, 2.05) is 12.1 Å². The van der Waals surface area contributed by atoms with E-state index < -0.39 is 12.0 Å². The molecule has 1 rings (SSSR count). The van der Waals surface area contributed by atoms with Crippen molar-refractivity contribution in [2.45, 2.75) is 32.6 Å². The van der Waals surface area contributed by atoms with Crippen LogP contribution in [0.4, 0.5) is 4.79 Å². The van der Waals surface area contributed by atoms with Gasteiger partial charge in [-0.05, 0) is 23.5 Å². The van der Waals surface area contributed by atoms with Crippen molar-refractivity contribution in [3.63, 3.8) is 0 Å². The summed E-state index contributed by atoms with van der Waals surface area (Å²) in [4.78, 5) is 33.3. The molecule has 4 N–H and O–H groups in total. The summed E-state index contributed by atoms with van der Waals surface area (Å²) in [7, 11) is 0. The van der Waals surface area contributed by atoms with Crippen LogP contribution < -0.4 is 16.4 Å². The SMILES string of the molecule is CC(C)c1ccc(CCNC(=O)COC(=O)CCNC(N)=O)cc1. The molecule has 0 spiro atoms. The summed E-state index contributed by atoms with van der Waals surface area (Å²) in [6, 6.07) is 7.57. The number of hydrogen-bond donors (Lipinski definition) is 3. The number of ether oxygens (including phenoxy) is 1. The molecule has 0 aliphatic rings. The van der Waals surface area contributed by atoms with Crippen LogP contribution in [0.5, 0.6) is 0 Å². The van der Waals surface area contributed by atoms with Gasteiger partial charge < -0.3 is 21.1 Å². The highest BCUT2D eigenvalue weighted by atomic mass is 16.5. The average Bonchev–Trinajstić information content (AvgIpc) is 2.53. The number of esters is 1. The Bertz CT molecular complexity index is 555. The summed E-state index contributed by atoms with van der Waals surface area (Å²) >= 11 is 0. The van der Waals surface area contributed by atoms with Crippen molar-refractivity contribution in [2.24, 2.45) is 5.73 Å². The lowest BCUT2D eigenvalue weighted by molar-refractivity contribution is -0.148. The van der Waals surface area contributed by atoms with Crippen LogP contribution in [0, 0.1) is 0 Å². The molecule has 0 aliphatic carbocycles. The fourth-order valence-corrected chi connectivity index (χ4v) is 1.97. The minimum atomic E-state index is -0.707. The number of amides is 3. The van der Waals surface area contributed by atoms with Crippen LogP contribution in [0.2, 0.25) is 0 Å². The second-order valence-electron chi connectivity index (χ2n) is 5.70. The molecule has 0 saturated heterocycles. The van der Waals surface area contributed by atoms with Crippen molar-refractivity contribution in [3.05, 3.63) is 35.4 Å². The second kappa shape index (κ2) is 10.3. The van der Waals surface area contributed by atoms with E-state index in [-0.39, 0.29) is 25.5 Å². The third kappa shape index (κ3) is 8.17. The molecule has 0 bridgehead atoms. The number of primary amides is 1. The lowest BCUT2D eigenvalue weighted by Crippen LogP contribution is -2.33. The zero-order chi connectivity index (χ0) is 17.9. The molecular formula is C17H25N3O4. The van der Waals surface area contributed by atoms with Gasteiger partial charge in [-0.1, -0.05) is 38.1 Å². The van der Waals surface area contributed by atoms with E-state index >= 15 is 0 Å². The third-order valence-corrected chi connectivity index (χ3v) is 3.37. The topological polar surface area (TPSA) is 111 Å². The first-order valence-corrected chi connectivity index (χ1v) is 7.93. The van der Waals surface area contributed by atoms with E-state index in [0.29, 0.717) is 18.9 Å². The van der Waals surface area contributed by atoms with Crippen molar-refractivity contribution < 1.29 is 19.1 Å². The van der Waals surface area contributed by atoms with Gasteiger partial charge in [-0.25, -0.2) is 4.79 Å². The van der Waals surface area contributed by atoms with Crippen molar-refractivity contribution in [3.8, 4) is 0 Å². The van der Waals surface area contributed by atoms with E-state index in [1.54, 1.807) is 0 Å². The first-order valence-electron chi connectivity index (χ1n) is 7.93. The van der Waals surface area contributed by atoms with E-state index in [9.17, 15) is 14.4 Å². The highest BCUT2D eigenvalue weighted by Gasteiger charge is 2.07. The molecule has 7 heteroatoms. The number of nitrogens with one attached hydrogen (secondary N) is 2. The first kappa shape index (κ1) is 19.5. The fraction of sp³-hybridized carbons (Fsp3) is 0.471. The molecule has 1 aromatic carbocycles. The molecule has 0 atom stereocenters. The maximum Gasteiger partial charge on any atom is 0.312 e. The van der Waals surface area contributed by atoms with Gasteiger partial charge in [0.05, 0.1) is 6.42 Å². The van der Waals surface area contributed by atoms with Crippen LogP contribution in [-0.2, 0) is 20.7 Å². The molecule has 0 unspecified atom stereocenters. The lowest BCUT2D eigenvalue weighted by Gasteiger charge is -2.08. The number of carbonyl (C=O) groups excluding carboxylic acids is 3. The Balaban J connectivity index is 2.17. The molecule has 1 aromatic rings. The van der Waals surface area contributed by atoms with Gasteiger partial charge in [0.1, 0.15) is 0 Å². The monoisotopic (exact) mass is 335 g/mol. The summed E-state index contributed by atoms with van der Waals surface area (Å²) in [5, 5.41) is 4.96. The Labute approximate surface area is 141 Å². The van der Waals surface area contributed by atoms with Crippen LogP contribution in [0.3, 0.4) is 0 Å². The molecule has 0 fully saturated rings. The molecule has 3 amide bonds. The Morgan fingerprint density at radius 1 is 1.08 bits per heavy atom. The summed E-state index contributed by atoms with van der Waals surface area (Å²) in [5.74, 6) is -0.431. The summed E-state index contributed by atoms with van der Waals surface area (Å²) < 4.78 is 4.79. The van der Waals surface area contributed by atoms with E-state index in [4.69, 9.17) is 10.5 Å². The molecule has 0 aliphatic heterocycles. The fourth-order valence-electron chi connectivity index (χ4n) is 1.97. The molecule has 0 radical (unpaired) electrons. The average molecular weight is 335 g/mol. The number of nitrogens with two attached hydrogens (primary N) is 1. The smallest absolute Gasteiger partial charge is 0.312 e. The zero-order valence-electron chi connectivity index (χ0n) is 14.1. The Morgan fingerprint density at radius 2 is 1.75 bits per heavy atom. The predicted octanol–water partition coefficient (Wildman–Crippen LogP) is 1.07. The van der Waals surface area contributed by atoms with Crippen LogP contribution in [-0.4, -0.2) is 37.6 Å². The minimum absolute atomic E-state index is 0.0293. The van der Waals surface area contributed by atoms with Crippen molar-refractivity contribution >= 4 is 17.9 Å². The van der Waals surface area contributed by atoms with E-state index in [1.165, 1.54) is 5.56 Å². The molecule has 0 saturated carbocycles. The van der Waals surface area contributed by atoms with Crippen LogP contribution >= 0.6 is 0 Å². The van der Waals surface area contributed by atoms with E-state index in [2.05, 4.69) is 36.6 Å². The van der Waals surface area contributed by atoms with Gasteiger partial charge in [0.2, 0.25) is 0 Å². The molecule has 0 heterocycles. The van der Waals surface area contributed by atoms with Gasteiger partial charge in [0.25, 0.3) is 5.91 Å². The van der Waals surface area contributed by atoms with Gasteiger partial charge in [0.15, 0.2) is 6.61 Å². The highest BCUT2D eigenvalue weighted by Crippen LogP contribution is 2.14. The molecule has 24 heavy (non-hydrogen) atoms. The number of hydrogen-bond acceptors (Lipinski definition) is 4. The third-order valence-electron chi connectivity index (χ3n) is 3.37. The van der Waals surface area contributed by atoms with Gasteiger partial charge in [-0.15, -0.1) is 0 Å². The largest absolute Gasteiger partial charge is 0.456 e. The molecule has 7 nitrogen and oxygen atoms in total. The maximum absolute atomic E-state index is 11.6. The van der Waals surface area contributed by atoms with Crippen LogP contribution in [0.15, 0.2) is 24.3 Å². The van der Waals surface area contributed by atoms with Gasteiger partial charge in [0, 0.05) is 13.1 Å². The quantitative estimate of drug-likeness (QED) is 0.586. The molecule has 0 aromatic heterocycles. The van der Waals surface area contributed by atoms with E-state index in [0.717, 1.165) is 5.56 Å². The van der Waals surface area contributed by atoms with Gasteiger partial charge in [-0.3, -0.25) is 9.59 Å². The summed E-state index contributed by atoms with van der Waals surface area (Å²) in [6.45, 7) is 4.51. The highest BCUT2D eigenvalue weighted by molar-refractivity contribution is 5.80. The number of benzene rings is 1. The summed E-state index contributed by atoms with van der Waals surface area (Å²) in [6.07, 6.45) is 0.680. The van der Waals surface area contributed by atoms with Gasteiger partial charge >= 0.3 is 12.0 Å². The first-order chi connectivity index (χ1) is 11.4. The molecular weight excluding hydrogens is 310 g/mol. The second-order valence-corrected chi connectivity index (χ2v) is 5.70. The molecule has 132 valence electrons. The Hall–Kier alpha value is -2.57. The lowest BCUT2D eigenvalue weighted by atomic mass is 10.0. The van der Waals surface area contributed by atoms with Crippen LogP contribution in [0.25, 0.3) is 0 Å². The minimum Gasteiger partial charge on any atom is -0.456 e. The Kier molecular flexibility index (Phi) is 8.32. The normalized spacial score (nSPS) is 10.3. The zero-order valence-corrected chi connectivity index (χ0v) is 14.1. The van der Waals surface area contributed by atoms with Gasteiger partial charge in [-0.2, -0.15) is 0 Å². The maximum atomic E-state index is 11.6. The Morgan fingerprint density at radius 3 is 2.33 bits per heavy atom. The summed E-state index contributed by atoms with van der Waals surface area (Å²) in [5.41, 5.74) is 7.27. The van der Waals surface area contributed by atoms with Crippen LogP contribution in [0.1, 0.15) is 37.3 Å². The predicted molar refractivity (Wildman–Crippen MR) is 90.4 cm³/mol. The number of urea groups is 1. The number of rotatable bonds is 9. The standard InChI is InChI=1S/C17H25N3O4/c1-12(2)14-5-3-13(4-6-14)7-9-19-15(21)11-24-16(22)8-10-20-17(18)23/h3-6,12H,7-11H2,1-2H3,(H,19,21)(H3,18,20,23).